The monoisotopic (exact) mass is 679 g/mol. The van der Waals surface area contributed by atoms with Crippen LogP contribution in [-0.4, -0.2) is 9.97 Å². The number of benzene rings is 7. The lowest BCUT2D eigenvalue weighted by Gasteiger charge is -2.39. The molecule has 0 atom stereocenters. The zero-order valence-electron chi connectivity index (χ0n) is 28.0. The Kier molecular flexibility index (Phi) is 7.02. The van der Waals surface area contributed by atoms with Crippen LogP contribution < -0.4 is 0 Å². The van der Waals surface area contributed by atoms with E-state index in [0.29, 0.717) is 11.4 Å². The van der Waals surface area contributed by atoms with Gasteiger partial charge in [-0.2, -0.15) is 5.26 Å². The SMILES string of the molecule is N#Cc1ccccc1-c1cccc(-c2cc(-c3cccc4c3-c3ccccc3C43c4ccccc4Sc4ccccc43)nc(-c3ccccc3)n2)c1. The fourth-order valence-corrected chi connectivity index (χ4v) is 9.44. The third kappa shape index (κ3) is 4.53. The average Bonchev–Trinajstić information content (AvgIpc) is 3.52. The molecule has 1 spiro atoms. The summed E-state index contributed by atoms with van der Waals surface area (Å²) >= 11 is 1.86. The third-order valence-electron chi connectivity index (χ3n) is 10.4. The van der Waals surface area contributed by atoms with Crippen LogP contribution in [0, 0.1) is 11.3 Å². The van der Waals surface area contributed by atoms with Gasteiger partial charge in [0.15, 0.2) is 5.82 Å². The molecular formula is C48H29N3S. The summed E-state index contributed by atoms with van der Waals surface area (Å²) in [6, 6.07) is 64.1. The smallest absolute Gasteiger partial charge is 0.160 e. The molecule has 0 fully saturated rings. The molecule has 0 radical (unpaired) electrons. The highest BCUT2D eigenvalue weighted by atomic mass is 32.2. The van der Waals surface area contributed by atoms with Crippen molar-refractivity contribution in [3.63, 3.8) is 0 Å². The van der Waals surface area contributed by atoms with Gasteiger partial charge in [0, 0.05) is 26.5 Å². The highest BCUT2D eigenvalue weighted by Gasteiger charge is 2.50. The van der Waals surface area contributed by atoms with Gasteiger partial charge in [0.1, 0.15) is 0 Å². The maximum Gasteiger partial charge on any atom is 0.160 e. The number of fused-ring (bicyclic) bond motifs is 9. The van der Waals surface area contributed by atoms with Crippen molar-refractivity contribution < 1.29 is 0 Å². The Morgan fingerprint density at radius 3 is 1.77 bits per heavy atom. The van der Waals surface area contributed by atoms with Crippen molar-refractivity contribution in [2.75, 3.05) is 0 Å². The number of aromatic nitrogens is 2. The van der Waals surface area contributed by atoms with Crippen molar-refractivity contribution in [3.05, 3.63) is 204 Å². The molecule has 0 N–H and O–H groups in total. The van der Waals surface area contributed by atoms with Gasteiger partial charge in [-0.3, -0.25) is 0 Å². The summed E-state index contributed by atoms with van der Waals surface area (Å²) in [5, 5.41) is 9.87. The number of nitriles is 1. The predicted octanol–water partition coefficient (Wildman–Crippen LogP) is 11.8. The van der Waals surface area contributed by atoms with Crippen LogP contribution in [0.1, 0.15) is 27.8 Å². The molecule has 0 unspecified atom stereocenters. The summed E-state index contributed by atoms with van der Waals surface area (Å²) in [5.41, 5.74) is 14.3. The molecule has 10 rings (SSSR count). The third-order valence-corrected chi connectivity index (χ3v) is 11.6. The van der Waals surface area contributed by atoms with Crippen LogP contribution in [0.15, 0.2) is 186 Å². The van der Waals surface area contributed by atoms with Gasteiger partial charge in [-0.25, -0.2) is 9.97 Å². The Bertz CT molecular complexity index is 2700. The van der Waals surface area contributed by atoms with Crippen LogP contribution in [0.4, 0.5) is 0 Å². The molecule has 1 aromatic heterocycles. The lowest BCUT2D eigenvalue weighted by atomic mass is 9.67. The Labute approximate surface area is 307 Å². The number of hydrogen-bond acceptors (Lipinski definition) is 4. The summed E-state index contributed by atoms with van der Waals surface area (Å²) in [7, 11) is 0. The van der Waals surface area contributed by atoms with Gasteiger partial charge < -0.3 is 0 Å². The largest absolute Gasteiger partial charge is 0.228 e. The van der Waals surface area contributed by atoms with Gasteiger partial charge >= 0.3 is 0 Å². The molecule has 0 saturated carbocycles. The summed E-state index contributed by atoms with van der Waals surface area (Å²) < 4.78 is 0. The molecule has 0 bridgehead atoms. The van der Waals surface area contributed by atoms with Crippen molar-refractivity contribution in [1.29, 1.82) is 5.26 Å². The first kappa shape index (κ1) is 30.3. The molecule has 0 amide bonds. The van der Waals surface area contributed by atoms with E-state index in [0.717, 1.165) is 39.2 Å². The molecule has 0 saturated heterocycles. The second-order valence-corrected chi connectivity index (χ2v) is 14.3. The minimum atomic E-state index is -0.471. The molecule has 7 aromatic carbocycles. The van der Waals surface area contributed by atoms with E-state index < -0.39 is 5.41 Å². The highest BCUT2D eigenvalue weighted by Crippen LogP contribution is 2.63. The maximum atomic E-state index is 9.87. The fraction of sp³-hybridized carbons (Fsp3) is 0.0208. The van der Waals surface area contributed by atoms with Crippen LogP contribution in [0.3, 0.4) is 0 Å². The second-order valence-electron chi connectivity index (χ2n) is 13.2. The van der Waals surface area contributed by atoms with Gasteiger partial charge in [0.2, 0.25) is 0 Å². The van der Waals surface area contributed by atoms with E-state index in [4.69, 9.17) is 9.97 Å². The minimum absolute atomic E-state index is 0.471. The van der Waals surface area contributed by atoms with Crippen LogP contribution in [0.2, 0.25) is 0 Å². The summed E-state index contributed by atoms with van der Waals surface area (Å²) in [4.78, 5) is 13.1. The standard InChI is InChI=1S/C48H29N3S/c49-30-34-16-4-5-19-35(34)32-17-12-18-33(28-32)42-29-43(51-47(50-42)31-14-2-1-3-15-31)37-21-13-25-41-46(37)36-20-6-7-22-38(36)48(41)39-23-8-10-26-44(39)52-45-27-11-9-24-40(45)48/h1-29H. The van der Waals surface area contributed by atoms with Crippen molar-refractivity contribution in [2.24, 2.45) is 0 Å². The van der Waals surface area contributed by atoms with Crippen LogP contribution in [0.5, 0.6) is 0 Å². The first-order valence-electron chi connectivity index (χ1n) is 17.4. The fourth-order valence-electron chi connectivity index (χ4n) is 8.24. The topological polar surface area (TPSA) is 49.6 Å². The predicted molar refractivity (Wildman–Crippen MR) is 210 cm³/mol. The Balaban J connectivity index is 1.24. The molecule has 3 nitrogen and oxygen atoms in total. The van der Waals surface area contributed by atoms with E-state index in [1.807, 2.05) is 60.3 Å². The van der Waals surface area contributed by atoms with E-state index in [-0.39, 0.29) is 0 Å². The van der Waals surface area contributed by atoms with E-state index in [1.165, 1.54) is 43.2 Å². The highest BCUT2D eigenvalue weighted by molar-refractivity contribution is 7.99. The molecule has 52 heavy (non-hydrogen) atoms. The number of hydrogen-bond donors (Lipinski definition) is 0. The summed E-state index contributed by atoms with van der Waals surface area (Å²) in [5.74, 6) is 0.666. The minimum Gasteiger partial charge on any atom is -0.228 e. The Morgan fingerprint density at radius 2 is 1.00 bits per heavy atom. The lowest BCUT2D eigenvalue weighted by Crippen LogP contribution is -2.31. The van der Waals surface area contributed by atoms with Gasteiger partial charge in [0.05, 0.1) is 28.4 Å². The van der Waals surface area contributed by atoms with Gasteiger partial charge in [-0.05, 0) is 74.8 Å². The molecule has 1 aliphatic carbocycles. The molecule has 8 aromatic rings. The van der Waals surface area contributed by atoms with Crippen LogP contribution >= 0.6 is 11.8 Å². The van der Waals surface area contributed by atoms with Gasteiger partial charge in [-0.1, -0.05) is 157 Å². The van der Waals surface area contributed by atoms with E-state index >= 15 is 0 Å². The molecule has 242 valence electrons. The molecular weight excluding hydrogens is 651 g/mol. The van der Waals surface area contributed by atoms with Gasteiger partial charge in [-0.15, -0.1) is 0 Å². The Hall–Kier alpha value is -6.54. The number of rotatable bonds is 4. The average molecular weight is 680 g/mol. The van der Waals surface area contributed by atoms with E-state index in [9.17, 15) is 5.26 Å². The summed E-state index contributed by atoms with van der Waals surface area (Å²) in [6.45, 7) is 0. The molecule has 4 heteroatoms. The zero-order valence-corrected chi connectivity index (χ0v) is 28.8. The molecule has 2 heterocycles. The van der Waals surface area contributed by atoms with Crippen LogP contribution in [-0.2, 0) is 5.41 Å². The van der Waals surface area contributed by atoms with Crippen molar-refractivity contribution in [2.45, 2.75) is 15.2 Å². The van der Waals surface area contributed by atoms with Gasteiger partial charge in [0.25, 0.3) is 0 Å². The quantitative estimate of drug-likeness (QED) is 0.186. The molecule has 1 aliphatic heterocycles. The number of nitrogens with zero attached hydrogens (tertiary/aromatic N) is 3. The lowest BCUT2D eigenvalue weighted by molar-refractivity contribution is 0.722. The summed E-state index contributed by atoms with van der Waals surface area (Å²) in [6.07, 6.45) is 0. The Morgan fingerprint density at radius 1 is 0.442 bits per heavy atom. The molecule has 2 aliphatic rings. The maximum absolute atomic E-state index is 9.87. The van der Waals surface area contributed by atoms with E-state index in [1.54, 1.807) is 0 Å². The van der Waals surface area contributed by atoms with Crippen molar-refractivity contribution >= 4 is 11.8 Å². The first-order valence-corrected chi connectivity index (χ1v) is 18.2. The van der Waals surface area contributed by atoms with Crippen LogP contribution in [0.25, 0.3) is 56.2 Å². The van der Waals surface area contributed by atoms with E-state index in [2.05, 4.69) is 133 Å². The normalized spacial score (nSPS) is 13.1. The van der Waals surface area contributed by atoms with Crippen molar-refractivity contribution in [3.8, 4) is 62.2 Å². The van der Waals surface area contributed by atoms with Crippen molar-refractivity contribution in [1.82, 2.24) is 9.97 Å². The second kappa shape index (κ2) is 12.1. The first-order chi connectivity index (χ1) is 25.7. The zero-order chi connectivity index (χ0) is 34.6.